The Hall–Kier alpha value is -1.44. The summed E-state index contributed by atoms with van der Waals surface area (Å²) in [5, 5.41) is 2.28. The SMILES string of the molecule is C=C/C=c1/[nH]c2c(/c1=C/N)CC(CC)CC2. The summed E-state index contributed by atoms with van der Waals surface area (Å²) in [6, 6.07) is 0. The molecule has 0 radical (unpaired) electrons. The summed E-state index contributed by atoms with van der Waals surface area (Å²) in [4.78, 5) is 3.46. The van der Waals surface area contributed by atoms with Crippen LogP contribution in [0.25, 0.3) is 12.3 Å². The van der Waals surface area contributed by atoms with Crippen LogP contribution in [0.15, 0.2) is 12.7 Å². The predicted octanol–water partition coefficient (Wildman–Crippen LogP) is 1.19. The molecule has 1 aliphatic carbocycles. The smallest absolute Gasteiger partial charge is 0.0473 e. The molecular weight excluding hydrogens is 196 g/mol. The largest absolute Gasteiger partial charge is 0.404 e. The lowest BCUT2D eigenvalue weighted by Gasteiger charge is -2.20. The van der Waals surface area contributed by atoms with Crippen LogP contribution in [0.4, 0.5) is 0 Å². The Morgan fingerprint density at radius 3 is 3.00 bits per heavy atom. The molecule has 1 aromatic rings. The molecule has 0 aromatic carbocycles. The predicted molar refractivity (Wildman–Crippen MR) is 69.2 cm³/mol. The van der Waals surface area contributed by atoms with Crippen molar-refractivity contribution < 1.29 is 0 Å². The van der Waals surface area contributed by atoms with Crippen molar-refractivity contribution >= 4 is 12.3 Å². The van der Waals surface area contributed by atoms with Crippen molar-refractivity contribution in [2.24, 2.45) is 11.7 Å². The molecule has 0 saturated carbocycles. The van der Waals surface area contributed by atoms with Gasteiger partial charge in [0.05, 0.1) is 0 Å². The lowest BCUT2D eigenvalue weighted by atomic mass is 9.85. The van der Waals surface area contributed by atoms with Gasteiger partial charge in [0.2, 0.25) is 0 Å². The van der Waals surface area contributed by atoms with Crippen LogP contribution in [0.3, 0.4) is 0 Å². The van der Waals surface area contributed by atoms with Gasteiger partial charge in [0, 0.05) is 22.5 Å². The zero-order valence-electron chi connectivity index (χ0n) is 9.92. The fourth-order valence-corrected chi connectivity index (χ4v) is 2.60. The molecule has 0 saturated heterocycles. The van der Waals surface area contributed by atoms with Gasteiger partial charge < -0.3 is 10.7 Å². The van der Waals surface area contributed by atoms with Gasteiger partial charge in [-0.25, -0.2) is 0 Å². The van der Waals surface area contributed by atoms with E-state index < -0.39 is 0 Å². The molecule has 16 heavy (non-hydrogen) atoms. The van der Waals surface area contributed by atoms with Crippen LogP contribution in [-0.2, 0) is 12.8 Å². The third-order valence-electron chi connectivity index (χ3n) is 3.59. The topological polar surface area (TPSA) is 41.8 Å². The van der Waals surface area contributed by atoms with Crippen molar-refractivity contribution in [1.29, 1.82) is 0 Å². The molecule has 3 N–H and O–H groups in total. The number of hydrogen-bond donors (Lipinski definition) is 2. The number of allylic oxidation sites excluding steroid dienone is 1. The molecule has 2 nitrogen and oxygen atoms in total. The Morgan fingerprint density at radius 1 is 1.56 bits per heavy atom. The van der Waals surface area contributed by atoms with Crippen LogP contribution in [0.1, 0.15) is 31.0 Å². The second kappa shape index (κ2) is 4.60. The van der Waals surface area contributed by atoms with Gasteiger partial charge in [-0.2, -0.15) is 0 Å². The minimum Gasteiger partial charge on any atom is -0.404 e. The number of aromatic nitrogens is 1. The number of fused-ring (bicyclic) bond motifs is 1. The average Bonchev–Trinajstić information content (AvgIpc) is 2.65. The van der Waals surface area contributed by atoms with Crippen LogP contribution in [-0.4, -0.2) is 4.98 Å². The van der Waals surface area contributed by atoms with Gasteiger partial charge in [0.15, 0.2) is 0 Å². The summed E-state index contributed by atoms with van der Waals surface area (Å²) in [6.45, 7) is 6.01. The lowest BCUT2D eigenvalue weighted by molar-refractivity contribution is 0.442. The molecule has 0 amide bonds. The van der Waals surface area contributed by atoms with E-state index in [1.807, 2.05) is 12.2 Å². The van der Waals surface area contributed by atoms with Crippen LogP contribution in [0.5, 0.6) is 0 Å². The van der Waals surface area contributed by atoms with Crippen molar-refractivity contribution in [1.82, 2.24) is 4.98 Å². The molecule has 1 heterocycles. The third-order valence-corrected chi connectivity index (χ3v) is 3.59. The fraction of sp³-hybridized carbons (Fsp3) is 0.429. The molecule has 0 aliphatic heterocycles. The van der Waals surface area contributed by atoms with Gasteiger partial charge in [-0.05, 0) is 36.8 Å². The van der Waals surface area contributed by atoms with Gasteiger partial charge in [0.1, 0.15) is 0 Å². The summed E-state index contributed by atoms with van der Waals surface area (Å²) in [7, 11) is 0. The zero-order valence-corrected chi connectivity index (χ0v) is 9.92. The zero-order chi connectivity index (χ0) is 11.5. The van der Waals surface area contributed by atoms with E-state index in [0.29, 0.717) is 0 Å². The number of hydrogen-bond acceptors (Lipinski definition) is 1. The molecule has 2 heteroatoms. The molecule has 1 aromatic heterocycles. The maximum Gasteiger partial charge on any atom is 0.0473 e. The number of H-pyrrole nitrogens is 1. The first-order valence-electron chi connectivity index (χ1n) is 6.04. The molecule has 0 fully saturated rings. The molecule has 0 spiro atoms. The van der Waals surface area contributed by atoms with E-state index in [2.05, 4.69) is 18.5 Å². The summed E-state index contributed by atoms with van der Waals surface area (Å²) in [5.41, 5.74) is 8.53. The quantitative estimate of drug-likeness (QED) is 0.766. The van der Waals surface area contributed by atoms with E-state index in [1.54, 1.807) is 6.20 Å². The highest BCUT2D eigenvalue weighted by Crippen LogP contribution is 2.23. The maximum atomic E-state index is 5.74. The van der Waals surface area contributed by atoms with Gasteiger partial charge in [0.25, 0.3) is 0 Å². The molecule has 86 valence electrons. The van der Waals surface area contributed by atoms with E-state index in [4.69, 9.17) is 5.73 Å². The van der Waals surface area contributed by atoms with Gasteiger partial charge in [-0.3, -0.25) is 0 Å². The van der Waals surface area contributed by atoms with E-state index in [1.165, 1.54) is 29.3 Å². The summed E-state index contributed by atoms with van der Waals surface area (Å²) < 4.78 is 0. The average molecular weight is 216 g/mol. The highest BCUT2D eigenvalue weighted by molar-refractivity contribution is 5.41. The molecule has 1 aliphatic rings. The van der Waals surface area contributed by atoms with Crippen molar-refractivity contribution in [3.8, 4) is 0 Å². The lowest BCUT2D eigenvalue weighted by Crippen LogP contribution is -2.27. The van der Waals surface area contributed by atoms with E-state index >= 15 is 0 Å². The standard InChI is InChI=1S/C14H20N2/c1-3-5-13-12(9-15)11-8-10(4-2)6-7-14(11)16-13/h3,5,9-10,16H,1,4,6-8,15H2,2H3/b12-9-,13-5+. The summed E-state index contributed by atoms with van der Waals surface area (Å²) >= 11 is 0. The minimum atomic E-state index is 0.818. The van der Waals surface area contributed by atoms with Crippen molar-refractivity contribution in [3.63, 3.8) is 0 Å². The number of aryl methyl sites for hydroxylation is 1. The van der Waals surface area contributed by atoms with Crippen molar-refractivity contribution in [2.45, 2.75) is 32.6 Å². The number of rotatable bonds is 2. The first-order valence-corrected chi connectivity index (χ1v) is 6.04. The van der Waals surface area contributed by atoms with Crippen LogP contribution < -0.4 is 16.3 Å². The Balaban J connectivity index is 2.55. The monoisotopic (exact) mass is 216 g/mol. The molecule has 1 unspecified atom stereocenters. The van der Waals surface area contributed by atoms with Crippen LogP contribution >= 0.6 is 0 Å². The maximum absolute atomic E-state index is 5.74. The van der Waals surface area contributed by atoms with E-state index in [0.717, 1.165) is 24.1 Å². The number of aromatic amines is 1. The summed E-state index contributed by atoms with van der Waals surface area (Å²) in [6.07, 6.45) is 10.4. The number of nitrogens with two attached hydrogens (primary N) is 1. The van der Waals surface area contributed by atoms with Crippen molar-refractivity contribution in [3.05, 3.63) is 34.5 Å². The number of nitrogens with one attached hydrogen (secondary N) is 1. The van der Waals surface area contributed by atoms with Gasteiger partial charge >= 0.3 is 0 Å². The molecule has 2 rings (SSSR count). The Morgan fingerprint density at radius 2 is 2.38 bits per heavy atom. The normalized spacial score (nSPS) is 22.2. The van der Waals surface area contributed by atoms with Crippen LogP contribution in [0.2, 0.25) is 0 Å². The highest BCUT2D eigenvalue weighted by Gasteiger charge is 2.19. The second-order valence-corrected chi connectivity index (χ2v) is 4.50. The van der Waals surface area contributed by atoms with Crippen molar-refractivity contribution in [2.75, 3.05) is 0 Å². The highest BCUT2D eigenvalue weighted by atomic mass is 14.7. The fourth-order valence-electron chi connectivity index (χ4n) is 2.60. The third kappa shape index (κ3) is 1.80. The van der Waals surface area contributed by atoms with Gasteiger partial charge in [-0.1, -0.05) is 26.0 Å². The first-order chi connectivity index (χ1) is 7.80. The second-order valence-electron chi connectivity index (χ2n) is 4.50. The van der Waals surface area contributed by atoms with Crippen LogP contribution in [0, 0.1) is 5.92 Å². The van der Waals surface area contributed by atoms with Gasteiger partial charge in [-0.15, -0.1) is 0 Å². The minimum absolute atomic E-state index is 0.818. The van der Waals surface area contributed by atoms with E-state index in [9.17, 15) is 0 Å². The molecular formula is C14H20N2. The first kappa shape index (κ1) is 11.1. The Labute approximate surface area is 96.6 Å². The Kier molecular flexibility index (Phi) is 3.18. The van der Waals surface area contributed by atoms with E-state index in [-0.39, 0.29) is 0 Å². The Bertz CT molecular complexity index is 494. The molecule has 0 bridgehead atoms. The molecule has 1 atom stereocenters. The summed E-state index contributed by atoms with van der Waals surface area (Å²) in [5.74, 6) is 0.818.